The molecule has 0 aliphatic rings. The van der Waals surface area contributed by atoms with Crippen LogP contribution in [0.5, 0.6) is 0 Å². The number of hydrogen-bond acceptors (Lipinski definition) is 23. The van der Waals surface area contributed by atoms with Crippen LogP contribution in [0.15, 0.2) is 0 Å². The van der Waals surface area contributed by atoms with Gasteiger partial charge in [-0.05, 0) is 0 Å². The Labute approximate surface area is 199 Å². The molecule has 1 N–H and O–H groups in total. The van der Waals surface area contributed by atoms with Crippen LogP contribution in [0, 0.1) is 117 Å². The number of hydrogen-bond donors (Lipinski definition) is 1. The molecule has 0 aromatic carbocycles. The van der Waals surface area contributed by atoms with Crippen molar-refractivity contribution in [3.05, 3.63) is 117 Å². The van der Waals surface area contributed by atoms with Crippen molar-refractivity contribution in [1.82, 2.24) is 0 Å². The predicted octanol–water partition coefficient (Wildman–Crippen LogP) is -2.03. The van der Waals surface area contributed by atoms with Gasteiger partial charge in [-0.15, -0.1) is 10.1 Å². The second-order valence-corrected chi connectivity index (χ2v) is 1.80. The van der Waals surface area contributed by atoms with Gasteiger partial charge in [0.2, 0.25) is 0 Å². The van der Waals surface area contributed by atoms with Gasteiger partial charge in [0, 0.05) is 0 Å². The molecule has 0 amide bonds. The van der Waals surface area contributed by atoms with Gasteiger partial charge in [-0.2, -0.15) is 0 Å². The largest absolute Gasteiger partial charge is 5.00 e. The monoisotopic (exact) mass is 604 g/mol. The fourth-order valence-corrected chi connectivity index (χ4v) is 0. The Morgan fingerprint density at radius 3 is 0.324 bits per heavy atom. The first-order valence-corrected chi connectivity index (χ1v) is 4.40. The van der Waals surface area contributed by atoms with Gasteiger partial charge >= 0.3 is 35.6 Å². The van der Waals surface area contributed by atoms with E-state index in [0.717, 1.165) is 0 Å². The minimum Gasteiger partial charge on any atom is -0.356 e. The van der Waals surface area contributed by atoms with E-state index in [9.17, 15) is 0 Å². The first-order valence-electron chi connectivity index (χ1n) is 4.40. The summed E-state index contributed by atoms with van der Waals surface area (Å²) in [6.07, 6.45) is 0. The van der Waals surface area contributed by atoms with E-state index in [1.54, 1.807) is 0 Å². The Kier molecular flexibility index (Phi) is 105. The Hall–Kier alpha value is -5.30. The summed E-state index contributed by atoms with van der Waals surface area (Å²) in [5.41, 5.74) is 0. The van der Waals surface area contributed by atoms with Crippen molar-refractivity contribution in [3.8, 4) is 0 Å². The van der Waals surface area contributed by atoms with Crippen LogP contribution in [0.2, 0.25) is 0 Å². The Bertz CT molecular complexity index is 367. The smallest absolute Gasteiger partial charge is 0.356 e. The molecule has 0 aliphatic heterocycles. The van der Waals surface area contributed by atoms with Gasteiger partial charge in [-0.3, -0.25) is 0 Å². The normalized spacial score (nSPS) is 5.65. The van der Waals surface area contributed by atoms with Crippen LogP contribution < -0.4 is 0 Å². The quantitative estimate of drug-likeness (QED) is 0.177. The summed E-state index contributed by atoms with van der Waals surface area (Å²) < 4.78 is 0. The summed E-state index contributed by atoms with van der Waals surface area (Å²) in [7, 11) is 0. The van der Waals surface area contributed by atoms with Crippen molar-refractivity contribution >= 4 is 0 Å². The zero-order chi connectivity index (χ0) is 28.6. The van der Waals surface area contributed by atoms with E-state index >= 15 is 0 Å². The molecule has 0 rings (SSSR count). The molecule has 0 fully saturated rings. The maximum absolute atomic E-state index is 8.36. The molecule has 0 aromatic heterocycles. The van der Waals surface area contributed by atoms with Crippen molar-refractivity contribution in [2.45, 2.75) is 0 Å². The van der Waals surface area contributed by atoms with E-state index < -0.39 is 40.7 Å². The Morgan fingerprint density at radius 2 is 0.324 bits per heavy atom. The first-order chi connectivity index (χ1) is 13.9. The van der Waals surface area contributed by atoms with Gasteiger partial charge in [-0.1, -0.05) is 0 Å². The molecule has 34 heteroatoms. The molecule has 0 saturated carbocycles. The standard InChI is InChI=1S/Fe.HNO3.7NO3.V/c;8*2-1(3)4;/h;(H,2,3,4);;;;;;;;/q+2;;7*-1;+5. The summed E-state index contributed by atoms with van der Waals surface area (Å²) in [5.74, 6) is 0. The van der Waals surface area contributed by atoms with Gasteiger partial charge in [0.05, 0.1) is 35.6 Å². The van der Waals surface area contributed by atoms with Gasteiger partial charge in [0.1, 0.15) is 0 Å². The van der Waals surface area contributed by atoms with Crippen molar-refractivity contribution in [2.24, 2.45) is 0 Å². The number of rotatable bonds is 0. The van der Waals surface area contributed by atoms with Crippen LogP contribution in [-0.2, 0) is 35.6 Å². The summed E-state index contributed by atoms with van der Waals surface area (Å²) in [6.45, 7) is 0. The molecule has 0 spiro atoms. The molecule has 0 unspecified atom stereocenters. The molecular formula is HFeN8O24V. The van der Waals surface area contributed by atoms with Crippen LogP contribution in [-0.4, -0.2) is 45.9 Å². The van der Waals surface area contributed by atoms with Gasteiger partial charge in [0.25, 0.3) is 5.09 Å². The predicted molar refractivity (Wildman–Crippen MR) is 81.3 cm³/mol. The molecule has 0 aliphatic carbocycles. The molecule has 0 bridgehead atoms. The molecule has 198 valence electrons. The van der Waals surface area contributed by atoms with Crippen LogP contribution in [0.3, 0.4) is 0 Å². The maximum atomic E-state index is 8.36. The molecule has 0 aromatic rings. The fourth-order valence-electron chi connectivity index (χ4n) is 0. The summed E-state index contributed by atoms with van der Waals surface area (Å²) in [5, 5.41) is 117. The third-order valence-corrected chi connectivity index (χ3v) is 0. The average molecular weight is 604 g/mol. The summed E-state index contributed by atoms with van der Waals surface area (Å²) in [6, 6.07) is 0. The van der Waals surface area contributed by atoms with Gasteiger partial charge < -0.3 is 112 Å². The van der Waals surface area contributed by atoms with Crippen molar-refractivity contribution in [3.63, 3.8) is 0 Å². The number of nitrogens with zero attached hydrogens (tertiary/aromatic N) is 8. The van der Waals surface area contributed by atoms with Crippen molar-refractivity contribution < 1.29 is 81.5 Å². The van der Waals surface area contributed by atoms with E-state index in [-0.39, 0.29) is 35.6 Å². The Morgan fingerprint density at radius 1 is 0.324 bits per heavy atom. The third kappa shape index (κ3) is 629. The molecule has 0 atom stereocenters. The molecule has 0 saturated heterocycles. The molecule has 0 radical (unpaired) electrons. The first kappa shape index (κ1) is 63.0. The van der Waals surface area contributed by atoms with Gasteiger partial charge in [-0.25, -0.2) is 0 Å². The van der Waals surface area contributed by atoms with E-state index in [0.29, 0.717) is 0 Å². The van der Waals surface area contributed by atoms with Gasteiger partial charge in [0.15, 0.2) is 0 Å². The minimum absolute atomic E-state index is 0. The third-order valence-electron chi connectivity index (χ3n) is 0. The van der Waals surface area contributed by atoms with E-state index in [2.05, 4.69) is 0 Å². The van der Waals surface area contributed by atoms with E-state index in [1.807, 2.05) is 0 Å². The SMILES string of the molecule is O=[N+]([O-])O.O=[N+]([O-])[O-].O=[N+]([O-])[O-].O=[N+]([O-])[O-].O=[N+]([O-])[O-].O=[N+]([O-])[O-].O=[N+]([O-])[O-].O=[N+]([O-])[O-].[Fe+2].[V+5]. The minimum atomic E-state index is -1.75. The zero-order valence-electron chi connectivity index (χ0n) is 14.2. The summed E-state index contributed by atoms with van der Waals surface area (Å²) >= 11 is 0. The fraction of sp³-hybridized carbons (Fsp3) is 0. The van der Waals surface area contributed by atoms with Crippen molar-refractivity contribution in [1.29, 1.82) is 0 Å². The molecule has 32 nitrogen and oxygen atoms in total. The molecule has 0 heterocycles. The second kappa shape index (κ2) is 56.5. The topological polar surface area (TPSA) is 527 Å². The van der Waals surface area contributed by atoms with E-state index in [4.69, 9.17) is 123 Å². The zero-order valence-corrected chi connectivity index (χ0v) is 16.7. The average Bonchev–Trinajstić information content (AvgIpc) is 2.30. The maximum Gasteiger partial charge on any atom is 5.00 e. The van der Waals surface area contributed by atoms with Crippen LogP contribution in [0.1, 0.15) is 0 Å². The Balaban J connectivity index is -0.0000000240. The summed E-state index contributed by atoms with van der Waals surface area (Å²) in [4.78, 5) is 66.1. The second-order valence-electron chi connectivity index (χ2n) is 1.80. The molecule has 34 heavy (non-hydrogen) atoms. The van der Waals surface area contributed by atoms with Crippen molar-refractivity contribution in [2.75, 3.05) is 0 Å². The van der Waals surface area contributed by atoms with Crippen LogP contribution in [0.25, 0.3) is 0 Å². The van der Waals surface area contributed by atoms with Crippen LogP contribution in [0.4, 0.5) is 0 Å². The van der Waals surface area contributed by atoms with Crippen LogP contribution >= 0.6 is 0 Å². The van der Waals surface area contributed by atoms with E-state index in [1.165, 1.54) is 0 Å². The molecular weight excluding hydrogens is 603 g/mol.